The number of esters is 1. The number of ether oxygens (including phenoxy) is 2. The Labute approximate surface area is 137 Å². The Morgan fingerprint density at radius 3 is 2.43 bits per heavy atom. The minimum atomic E-state index is -0.381. The van der Waals surface area contributed by atoms with Gasteiger partial charge >= 0.3 is 5.97 Å². The molecule has 0 atom stereocenters. The molecule has 0 heterocycles. The highest BCUT2D eigenvalue weighted by atomic mass is 127. The minimum Gasteiger partial charge on any atom is -0.468 e. The first-order chi connectivity index (χ1) is 10.0. The van der Waals surface area contributed by atoms with Crippen molar-refractivity contribution in [1.29, 1.82) is 0 Å². The van der Waals surface area contributed by atoms with Gasteiger partial charge in [0, 0.05) is 22.9 Å². The molecule has 0 saturated heterocycles. The second-order valence-electron chi connectivity index (χ2n) is 4.33. The first-order valence-electron chi connectivity index (χ1n) is 6.38. The lowest BCUT2D eigenvalue weighted by Crippen LogP contribution is -2.39. The van der Waals surface area contributed by atoms with E-state index in [1.165, 1.54) is 7.11 Å². The first-order valence-corrected chi connectivity index (χ1v) is 7.46. The SMILES string of the molecule is COCCN(CC(=O)Nc1ccc(I)cc1)CC(=O)OC. The lowest BCUT2D eigenvalue weighted by molar-refractivity contribution is -0.142. The third-order valence-corrected chi connectivity index (χ3v) is 3.41. The van der Waals surface area contributed by atoms with Crippen molar-refractivity contribution in [3.8, 4) is 0 Å². The zero-order valence-electron chi connectivity index (χ0n) is 12.1. The molecule has 0 bridgehead atoms. The molecular formula is C14H19IN2O4. The van der Waals surface area contributed by atoms with Crippen LogP contribution in [0.3, 0.4) is 0 Å². The number of anilines is 1. The predicted octanol–water partition coefficient (Wildman–Crippen LogP) is 1.35. The van der Waals surface area contributed by atoms with Gasteiger partial charge in [-0.1, -0.05) is 0 Å². The highest BCUT2D eigenvalue weighted by molar-refractivity contribution is 14.1. The molecule has 0 aliphatic rings. The number of nitrogens with one attached hydrogen (secondary N) is 1. The number of carbonyl (C=O) groups is 2. The van der Waals surface area contributed by atoms with Gasteiger partial charge in [-0.3, -0.25) is 14.5 Å². The first kappa shape index (κ1) is 17.9. The van der Waals surface area contributed by atoms with Gasteiger partial charge in [-0.25, -0.2) is 0 Å². The van der Waals surface area contributed by atoms with Gasteiger partial charge in [-0.05, 0) is 46.9 Å². The van der Waals surface area contributed by atoms with E-state index in [1.54, 1.807) is 12.0 Å². The molecule has 1 amide bonds. The van der Waals surface area contributed by atoms with E-state index >= 15 is 0 Å². The average Bonchev–Trinajstić information content (AvgIpc) is 2.47. The summed E-state index contributed by atoms with van der Waals surface area (Å²) in [6.45, 7) is 1.07. The lowest BCUT2D eigenvalue weighted by Gasteiger charge is -2.20. The van der Waals surface area contributed by atoms with Crippen LogP contribution in [0.5, 0.6) is 0 Å². The number of carbonyl (C=O) groups excluding carboxylic acids is 2. The maximum atomic E-state index is 12.0. The molecule has 116 valence electrons. The summed E-state index contributed by atoms with van der Waals surface area (Å²) in [5.74, 6) is -0.565. The van der Waals surface area contributed by atoms with Gasteiger partial charge in [0.05, 0.1) is 26.8 Å². The van der Waals surface area contributed by atoms with Gasteiger partial charge in [0.25, 0.3) is 0 Å². The van der Waals surface area contributed by atoms with Crippen LogP contribution in [0, 0.1) is 3.57 Å². The molecule has 1 rings (SSSR count). The highest BCUT2D eigenvalue weighted by Crippen LogP contribution is 2.11. The Balaban J connectivity index is 2.53. The molecule has 0 fully saturated rings. The number of hydrogen-bond donors (Lipinski definition) is 1. The number of hydrogen-bond acceptors (Lipinski definition) is 5. The smallest absolute Gasteiger partial charge is 0.319 e. The van der Waals surface area contributed by atoms with E-state index < -0.39 is 0 Å². The molecule has 1 aromatic carbocycles. The van der Waals surface area contributed by atoms with Crippen molar-refractivity contribution in [2.45, 2.75) is 0 Å². The molecule has 0 spiro atoms. The second-order valence-corrected chi connectivity index (χ2v) is 5.58. The van der Waals surface area contributed by atoms with Crippen molar-refractivity contribution in [1.82, 2.24) is 4.90 Å². The summed E-state index contributed by atoms with van der Waals surface area (Å²) < 4.78 is 10.7. The third-order valence-electron chi connectivity index (χ3n) is 2.69. The number of halogens is 1. The van der Waals surface area contributed by atoms with Crippen LogP contribution in [-0.2, 0) is 19.1 Å². The molecule has 0 radical (unpaired) electrons. The summed E-state index contributed by atoms with van der Waals surface area (Å²) in [6, 6.07) is 7.49. The maximum Gasteiger partial charge on any atom is 0.319 e. The predicted molar refractivity (Wildman–Crippen MR) is 88.1 cm³/mol. The van der Waals surface area contributed by atoms with Gasteiger partial charge in [0.2, 0.25) is 5.91 Å². The van der Waals surface area contributed by atoms with Crippen molar-refractivity contribution in [3.63, 3.8) is 0 Å². The van der Waals surface area contributed by atoms with Gasteiger partial charge < -0.3 is 14.8 Å². The minimum absolute atomic E-state index is 0.0555. The summed E-state index contributed by atoms with van der Waals surface area (Å²) >= 11 is 2.20. The fourth-order valence-electron chi connectivity index (χ4n) is 1.62. The summed E-state index contributed by atoms with van der Waals surface area (Å²) in [6.07, 6.45) is 0. The molecular weight excluding hydrogens is 387 g/mol. The van der Waals surface area contributed by atoms with E-state index in [2.05, 4.69) is 32.6 Å². The Kier molecular flexibility index (Phi) is 8.24. The van der Waals surface area contributed by atoms with Crippen molar-refractivity contribution >= 4 is 40.2 Å². The lowest BCUT2D eigenvalue weighted by atomic mass is 10.3. The van der Waals surface area contributed by atoms with Crippen molar-refractivity contribution in [2.75, 3.05) is 45.8 Å². The van der Waals surface area contributed by atoms with E-state index in [0.717, 1.165) is 9.26 Å². The van der Waals surface area contributed by atoms with Crippen molar-refractivity contribution in [3.05, 3.63) is 27.8 Å². The van der Waals surface area contributed by atoms with E-state index in [9.17, 15) is 9.59 Å². The van der Waals surface area contributed by atoms with Crippen molar-refractivity contribution < 1.29 is 19.1 Å². The van der Waals surface area contributed by atoms with Crippen LogP contribution >= 0.6 is 22.6 Å². The molecule has 0 aliphatic heterocycles. The molecule has 0 aliphatic carbocycles. The van der Waals surface area contributed by atoms with Gasteiger partial charge in [0.15, 0.2) is 0 Å². The van der Waals surface area contributed by atoms with Crippen LogP contribution in [-0.4, -0.2) is 57.2 Å². The zero-order chi connectivity index (χ0) is 15.7. The monoisotopic (exact) mass is 406 g/mol. The summed E-state index contributed by atoms with van der Waals surface area (Å²) in [5.41, 5.74) is 0.727. The molecule has 0 aromatic heterocycles. The zero-order valence-corrected chi connectivity index (χ0v) is 14.3. The molecule has 1 N–H and O–H groups in total. The van der Waals surface area contributed by atoms with E-state index in [-0.39, 0.29) is 25.0 Å². The fraction of sp³-hybridized carbons (Fsp3) is 0.429. The molecule has 7 heteroatoms. The van der Waals surface area contributed by atoms with Gasteiger partial charge in [-0.15, -0.1) is 0 Å². The Morgan fingerprint density at radius 2 is 1.86 bits per heavy atom. The molecule has 0 saturated carbocycles. The fourth-order valence-corrected chi connectivity index (χ4v) is 1.98. The van der Waals surface area contributed by atoms with Crippen LogP contribution in [0.15, 0.2) is 24.3 Å². The van der Waals surface area contributed by atoms with Crippen LogP contribution in [0.2, 0.25) is 0 Å². The number of amides is 1. The summed E-state index contributed by atoms with van der Waals surface area (Å²) in [7, 11) is 2.89. The van der Waals surface area contributed by atoms with Crippen LogP contribution < -0.4 is 5.32 Å². The second kappa shape index (κ2) is 9.69. The molecule has 1 aromatic rings. The summed E-state index contributed by atoms with van der Waals surface area (Å²) in [5, 5.41) is 2.79. The van der Waals surface area contributed by atoms with Crippen LogP contribution in [0.4, 0.5) is 5.69 Å². The quantitative estimate of drug-likeness (QED) is 0.522. The summed E-state index contributed by atoms with van der Waals surface area (Å²) in [4.78, 5) is 25.0. The van der Waals surface area contributed by atoms with Crippen LogP contribution in [0.25, 0.3) is 0 Å². The Bertz CT molecular complexity index is 465. The Morgan fingerprint density at radius 1 is 1.19 bits per heavy atom. The number of nitrogens with zero attached hydrogens (tertiary/aromatic N) is 1. The highest BCUT2D eigenvalue weighted by Gasteiger charge is 2.14. The normalized spacial score (nSPS) is 10.5. The number of rotatable bonds is 8. The molecule has 21 heavy (non-hydrogen) atoms. The van der Waals surface area contributed by atoms with E-state index in [1.807, 2.05) is 24.3 Å². The van der Waals surface area contributed by atoms with Crippen LogP contribution in [0.1, 0.15) is 0 Å². The largest absolute Gasteiger partial charge is 0.468 e. The third kappa shape index (κ3) is 7.39. The van der Waals surface area contributed by atoms with E-state index in [4.69, 9.17) is 4.74 Å². The average molecular weight is 406 g/mol. The number of benzene rings is 1. The standard InChI is InChI=1S/C14H19IN2O4/c1-20-8-7-17(10-14(19)21-2)9-13(18)16-12-5-3-11(15)4-6-12/h3-6H,7-10H2,1-2H3,(H,16,18). The number of methoxy groups -OCH3 is 2. The maximum absolute atomic E-state index is 12.0. The molecule has 0 unspecified atom stereocenters. The van der Waals surface area contributed by atoms with Gasteiger partial charge in [-0.2, -0.15) is 0 Å². The van der Waals surface area contributed by atoms with Crippen molar-refractivity contribution in [2.24, 2.45) is 0 Å². The Hall–Kier alpha value is -1.19. The molecule has 6 nitrogen and oxygen atoms in total. The van der Waals surface area contributed by atoms with Gasteiger partial charge in [0.1, 0.15) is 0 Å². The topological polar surface area (TPSA) is 67.9 Å². The van der Waals surface area contributed by atoms with E-state index in [0.29, 0.717) is 13.2 Å².